The first-order valence-electron chi connectivity index (χ1n) is 8.89. The number of aliphatic hydroxyl groups is 1. The predicted molar refractivity (Wildman–Crippen MR) is 90.3 cm³/mol. The lowest BCUT2D eigenvalue weighted by Crippen LogP contribution is -2.62. The van der Waals surface area contributed by atoms with Gasteiger partial charge in [0.15, 0.2) is 5.65 Å². The van der Waals surface area contributed by atoms with Crippen LogP contribution in [0, 0.1) is 0 Å². The van der Waals surface area contributed by atoms with Gasteiger partial charge in [-0.1, -0.05) is 0 Å². The van der Waals surface area contributed by atoms with Crippen LogP contribution >= 0.6 is 0 Å². The number of fused-ring (bicyclic) bond motifs is 2. The smallest absolute Gasteiger partial charge is 0.252 e. The van der Waals surface area contributed by atoms with Gasteiger partial charge in [-0.15, -0.1) is 0 Å². The van der Waals surface area contributed by atoms with E-state index in [9.17, 15) is 9.90 Å². The molecular weight excluding hydrogens is 320 g/mol. The maximum atomic E-state index is 13.1. The van der Waals surface area contributed by atoms with Gasteiger partial charge in [-0.2, -0.15) is 5.10 Å². The topological polar surface area (TPSA) is 89.3 Å². The Morgan fingerprint density at radius 1 is 1.48 bits per heavy atom. The van der Waals surface area contributed by atoms with Gasteiger partial charge < -0.3 is 15.2 Å². The van der Waals surface area contributed by atoms with Crippen LogP contribution in [0.25, 0.3) is 11.0 Å². The Kier molecular flexibility index (Phi) is 2.93. The summed E-state index contributed by atoms with van der Waals surface area (Å²) in [5, 5.41) is 17.8. The highest BCUT2D eigenvalue weighted by molar-refractivity contribution is 6.06. The molecule has 4 fully saturated rings. The number of pyridine rings is 1. The van der Waals surface area contributed by atoms with Crippen molar-refractivity contribution in [3.8, 4) is 0 Å². The largest absolute Gasteiger partial charge is 0.393 e. The molecule has 7 nitrogen and oxygen atoms in total. The highest BCUT2D eigenvalue weighted by Crippen LogP contribution is 2.55. The molecule has 0 aromatic carbocycles. The van der Waals surface area contributed by atoms with E-state index < -0.39 is 5.60 Å². The molecule has 4 heterocycles. The van der Waals surface area contributed by atoms with Gasteiger partial charge in [-0.25, -0.2) is 4.98 Å². The number of carbonyl (C=O) groups excluding carboxylic acids is 1. The third kappa shape index (κ3) is 2.09. The first kappa shape index (κ1) is 15.3. The first-order valence-corrected chi connectivity index (χ1v) is 8.89. The zero-order chi connectivity index (χ0) is 17.4. The molecule has 2 aliphatic carbocycles. The van der Waals surface area contributed by atoms with Crippen molar-refractivity contribution < 1.29 is 14.6 Å². The van der Waals surface area contributed by atoms with Crippen LogP contribution in [0.15, 0.2) is 12.3 Å². The number of aromatic nitrogens is 3. The highest BCUT2D eigenvalue weighted by atomic mass is 16.5. The zero-order valence-corrected chi connectivity index (χ0v) is 14.5. The number of ether oxygens (including phenoxy) is 1. The molecule has 4 aliphatic rings. The molecule has 1 atom stereocenters. The Labute approximate surface area is 145 Å². The third-order valence-electron chi connectivity index (χ3n) is 6.10. The Balaban J connectivity index is 1.50. The standard InChI is InChI=1S/C18H22N4O3/c1-10-18(7-17(8-18,9-23)25-10)21-16(24)12-5-14(11-3-4-11)20-15-13(12)6-19-22(15)2/h5-6,10-11,23H,3-4,7-9H2,1-2H3,(H,21,24). The highest BCUT2D eigenvalue weighted by Gasteiger charge is 2.66. The number of carbonyl (C=O) groups is 1. The molecule has 1 amide bonds. The Morgan fingerprint density at radius 2 is 2.24 bits per heavy atom. The van der Waals surface area contributed by atoms with E-state index in [1.165, 1.54) is 0 Å². The maximum absolute atomic E-state index is 13.1. The van der Waals surface area contributed by atoms with E-state index in [1.807, 2.05) is 20.0 Å². The van der Waals surface area contributed by atoms with E-state index in [4.69, 9.17) is 9.72 Å². The lowest BCUT2D eigenvalue weighted by molar-refractivity contribution is -0.0612. The minimum Gasteiger partial charge on any atom is -0.393 e. The molecule has 2 saturated heterocycles. The van der Waals surface area contributed by atoms with Gasteiger partial charge in [0.2, 0.25) is 0 Å². The maximum Gasteiger partial charge on any atom is 0.252 e. The lowest BCUT2D eigenvalue weighted by Gasteiger charge is -2.44. The number of aryl methyl sites for hydroxylation is 1. The summed E-state index contributed by atoms with van der Waals surface area (Å²) in [7, 11) is 1.85. The molecule has 25 heavy (non-hydrogen) atoms. The van der Waals surface area contributed by atoms with Crippen molar-refractivity contribution in [2.45, 2.75) is 55.8 Å². The third-order valence-corrected chi connectivity index (χ3v) is 6.10. The summed E-state index contributed by atoms with van der Waals surface area (Å²) < 4.78 is 7.60. The number of hydrogen-bond acceptors (Lipinski definition) is 5. The fourth-order valence-electron chi connectivity index (χ4n) is 4.50. The average molecular weight is 342 g/mol. The van der Waals surface area contributed by atoms with Gasteiger partial charge >= 0.3 is 0 Å². The average Bonchev–Trinajstić information content (AvgIpc) is 3.24. The van der Waals surface area contributed by atoms with E-state index in [-0.39, 0.29) is 24.2 Å². The number of amides is 1. The fourth-order valence-corrected chi connectivity index (χ4v) is 4.50. The van der Waals surface area contributed by atoms with E-state index in [1.54, 1.807) is 10.9 Å². The summed E-state index contributed by atoms with van der Waals surface area (Å²) in [5.74, 6) is 0.356. The molecule has 0 radical (unpaired) electrons. The molecule has 2 aromatic heterocycles. The number of nitrogens with one attached hydrogen (secondary N) is 1. The molecule has 1 unspecified atom stereocenters. The van der Waals surface area contributed by atoms with Gasteiger partial charge in [0.1, 0.15) is 0 Å². The van der Waals surface area contributed by atoms with Crippen LogP contribution in [-0.4, -0.2) is 49.6 Å². The molecule has 7 heteroatoms. The minimum absolute atomic E-state index is 0.00287. The summed E-state index contributed by atoms with van der Waals surface area (Å²) in [6, 6.07) is 1.92. The summed E-state index contributed by atoms with van der Waals surface area (Å²) >= 11 is 0. The normalized spacial score (nSPS) is 33.5. The van der Waals surface area contributed by atoms with E-state index in [2.05, 4.69) is 10.4 Å². The van der Waals surface area contributed by atoms with Crippen LogP contribution in [0.1, 0.15) is 54.6 Å². The van der Waals surface area contributed by atoms with Crippen LogP contribution in [-0.2, 0) is 11.8 Å². The summed E-state index contributed by atoms with van der Waals surface area (Å²) in [6.07, 6.45) is 5.20. The van der Waals surface area contributed by atoms with Crippen molar-refractivity contribution in [2.24, 2.45) is 7.05 Å². The molecule has 2 saturated carbocycles. The SMILES string of the molecule is CC1OC2(CO)CC1(NC(=O)c1cc(C3CC3)nc3c1cnn3C)C2. The number of nitrogens with zero attached hydrogens (tertiary/aromatic N) is 3. The summed E-state index contributed by atoms with van der Waals surface area (Å²) in [6.45, 7) is 1.97. The van der Waals surface area contributed by atoms with Gasteiger partial charge in [-0.3, -0.25) is 9.48 Å². The Hall–Kier alpha value is -1.99. The summed E-state index contributed by atoms with van der Waals surface area (Å²) in [5.41, 5.74) is 1.52. The van der Waals surface area contributed by atoms with Gasteiger partial charge in [-0.05, 0) is 25.8 Å². The Morgan fingerprint density at radius 3 is 2.88 bits per heavy atom. The van der Waals surface area contributed by atoms with Crippen LogP contribution in [0.4, 0.5) is 0 Å². The minimum atomic E-state index is -0.465. The van der Waals surface area contributed by atoms with Crippen molar-refractivity contribution >= 4 is 16.9 Å². The van der Waals surface area contributed by atoms with Gasteiger partial charge in [0.05, 0.1) is 41.0 Å². The quantitative estimate of drug-likeness (QED) is 0.873. The molecule has 2 aliphatic heterocycles. The molecule has 2 N–H and O–H groups in total. The number of rotatable bonds is 4. The van der Waals surface area contributed by atoms with Gasteiger partial charge in [0.25, 0.3) is 5.91 Å². The second-order valence-corrected chi connectivity index (χ2v) is 7.94. The van der Waals surface area contributed by atoms with E-state index >= 15 is 0 Å². The number of hydrogen-bond donors (Lipinski definition) is 2. The zero-order valence-electron chi connectivity index (χ0n) is 14.5. The van der Waals surface area contributed by atoms with Crippen LogP contribution in [0.5, 0.6) is 0 Å². The van der Waals surface area contributed by atoms with Crippen molar-refractivity contribution in [3.05, 3.63) is 23.5 Å². The predicted octanol–water partition coefficient (Wildman–Crippen LogP) is 1.26. The van der Waals surface area contributed by atoms with Crippen molar-refractivity contribution in [1.82, 2.24) is 20.1 Å². The second-order valence-electron chi connectivity index (χ2n) is 7.94. The molecular formula is C18H22N4O3. The summed E-state index contributed by atoms with van der Waals surface area (Å²) in [4.78, 5) is 17.8. The lowest BCUT2D eigenvalue weighted by atomic mass is 9.66. The molecule has 132 valence electrons. The van der Waals surface area contributed by atoms with Crippen LogP contribution in [0.3, 0.4) is 0 Å². The van der Waals surface area contributed by atoms with Crippen molar-refractivity contribution in [2.75, 3.05) is 6.61 Å². The number of aliphatic hydroxyl groups excluding tert-OH is 1. The molecule has 2 aromatic rings. The monoisotopic (exact) mass is 342 g/mol. The first-order chi connectivity index (χ1) is 12.0. The van der Waals surface area contributed by atoms with E-state index in [0.29, 0.717) is 24.3 Å². The molecule has 2 bridgehead atoms. The molecule has 6 rings (SSSR count). The van der Waals surface area contributed by atoms with Crippen molar-refractivity contribution in [1.29, 1.82) is 0 Å². The van der Waals surface area contributed by atoms with E-state index in [0.717, 1.165) is 29.6 Å². The Bertz CT molecular complexity index is 880. The van der Waals surface area contributed by atoms with Crippen LogP contribution in [0.2, 0.25) is 0 Å². The van der Waals surface area contributed by atoms with Crippen LogP contribution < -0.4 is 5.32 Å². The van der Waals surface area contributed by atoms with Gasteiger partial charge in [0, 0.05) is 31.5 Å². The second kappa shape index (κ2) is 4.80. The van der Waals surface area contributed by atoms with Crippen molar-refractivity contribution in [3.63, 3.8) is 0 Å². The fraction of sp³-hybridized carbons (Fsp3) is 0.611. The molecule has 0 spiro atoms.